The number of nitrogens with one attached hydrogen (secondary N) is 1. The molecular formula is C12H20N2O. The summed E-state index contributed by atoms with van der Waals surface area (Å²) >= 11 is 0. The first kappa shape index (κ1) is 9.79. The van der Waals surface area contributed by atoms with Crippen LogP contribution >= 0.6 is 0 Å². The summed E-state index contributed by atoms with van der Waals surface area (Å²) in [5.41, 5.74) is 0. The van der Waals surface area contributed by atoms with Gasteiger partial charge >= 0.3 is 0 Å². The minimum Gasteiger partial charge on any atom is -0.310 e. The molecule has 15 heavy (non-hydrogen) atoms. The molecule has 0 bridgehead atoms. The molecule has 0 aromatic heterocycles. The third kappa shape index (κ3) is 1.53. The lowest BCUT2D eigenvalue weighted by Gasteiger charge is -2.45. The van der Waals surface area contributed by atoms with Crippen LogP contribution in [0.25, 0.3) is 0 Å². The van der Waals surface area contributed by atoms with Gasteiger partial charge in [0.05, 0.1) is 0 Å². The van der Waals surface area contributed by atoms with E-state index in [1.807, 2.05) is 0 Å². The van der Waals surface area contributed by atoms with Crippen molar-refractivity contribution in [3.8, 4) is 0 Å². The number of rotatable bonds is 0. The summed E-state index contributed by atoms with van der Waals surface area (Å²) in [5.74, 6) is 0.820. The molecule has 4 atom stereocenters. The Morgan fingerprint density at radius 3 is 3.07 bits per heavy atom. The average Bonchev–Trinajstić information content (AvgIpc) is 2.63. The zero-order valence-corrected chi connectivity index (χ0v) is 9.41. The van der Waals surface area contributed by atoms with Gasteiger partial charge in [0.1, 0.15) is 5.78 Å². The normalized spacial score (nSPS) is 46.3. The molecule has 84 valence electrons. The van der Waals surface area contributed by atoms with Crippen molar-refractivity contribution in [1.82, 2.24) is 10.2 Å². The number of hydrogen-bond acceptors (Lipinski definition) is 3. The molecule has 3 rings (SSSR count). The maximum absolute atomic E-state index is 12.1. The Labute approximate surface area is 91.2 Å². The van der Waals surface area contributed by atoms with E-state index in [0.717, 1.165) is 12.8 Å². The van der Waals surface area contributed by atoms with Crippen LogP contribution in [-0.2, 0) is 4.79 Å². The van der Waals surface area contributed by atoms with E-state index in [2.05, 4.69) is 17.1 Å². The third-order valence-corrected chi connectivity index (χ3v) is 4.37. The molecular weight excluding hydrogens is 188 g/mol. The predicted molar refractivity (Wildman–Crippen MR) is 58.7 cm³/mol. The molecule has 3 nitrogen and oxygen atoms in total. The van der Waals surface area contributed by atoms with Gasteiger partial charge in [0.15, 0.2) is 0 Å². The number of piperidine rings is 2. The summed E-state index contributed by atoms with van der Waals surface area (Å²) in [4.78, 5) is 14.7. The number of ketones is 1. The number of fused-ring (bicyclic) bond motifs is 3. The highest BCUT2D eigenvalue weighted by Crippen LogP contribution is 2.35. The zero-order valence-electron chi connectivity index (χ0n) is 9.41. The number of carbonyl (C=O) groups excluding carboxylic acids is 1. The smallest absolute Gasteiger partial charge is 0.140 e. The largest absolute Gasteiger partial charge is 0.310 e. The Morgan fingerprint density at radius 2 is 2.20 bits per heavy atom. The van der Waals surface area contributed by atoms with Crippen LogP contribution in [0.5, 0.6) is 0 Å². The number of carbonyl (C=O) groups is 1. The Morgan fingerprint density at radius 1 is 1.33 bits per heavy atom. The van der Waals surface area contributed by atoms with Gasteiger partial charge in [-0.05, 0) is 39.3 Å². The molecule has 3 heterocycles. The number of Topliss-reactive ketones (excluding diaryl/α,β-unsaturated/α-hetero) is 1. The molecule has 0 saturated carbocycles. The standard InChI is InChI=1S/C12H20N2O/c1-8-7-11(15)12-9(13-8)4-6-14-5-2-3-10(12)14/h8-10,12-13H,2-7H2,1H3/t8-,9+,10-,12+/m0/s1. The van der Waals surface area contributed by atoms with E-state index in [4.69, 9.17) is 0 Å². The highest BCUT2D eigenvalue weighted by molar-refractivity contribution is 5.84. The second-order valence-corrected chi connectivity index (χ2v) is 5.40. The van der Waals surface area contributed by atoms with Crippen molar-refractivity contribution in [2.75, 3.05) is 13.1 Å². The van der Waals surface area contributed by atoms with Crippen LogP contribution in [0.15, 0.2) is 0 Å². The van der Waals surface area contributed by atoms with Gasteiger partial charge in [-0.25, -0.2) is 0 Å². The van der Waals surface area contributed by atoms with Crippen LogP contribution in [0.4, 0.5) is 0 Å². The molecule has 0 amide bonds. The summed E-state index contributed by atoms with van der Waals surface area (Å²) in [6.07, 6.45) is 4.43. The first-order valence-electron chi connectivity index (χ1n) is 6.28. The Balaban J connectivity index is 1.83. The van der Waals surface area contributed by atoms with E-state index in [1.54, 1.807) is 0 Å². The lowest BCUT2D eigenvalue weighted by Crippen LogP contribution is -2.61. The van der Waals surface area contributed by atoms with Gasteiger partial charge < -0.3 is 5.32 Å². The highest BCUT2D eigenvalue weighted by atomic mass is 16.1. The fourth-order valence-electron chi connectivity index (χ4n) is 3.78. The molecule has 3 aliphatic heterocycles. The van der Waals surface area contributed by atoms with Crippen molar-refractivity contribution in [2.24, 2.45) is 5.92 Å². The molecule has 0 aromatic carbocycles. The van der Waals surface area contributed by atoms with Gasteiger partial charge in [0, 0.05) is 30.5 Å². The zero-order chi connectivity index (χ0) is 10.4. The van der Waals surface area contributed by atoms with Crippen LogP contribution < -0.4 is 5.32 Å². The van der Waals surface area contributed by atoms with Gasteiger partial charge in [-0.15, -0.1) is 0 Å². The topological polar surface area (TPSA) is 32.3 Å². The molecule has 0 unspecified atom stereocenters. The van der Waals surface area contributed by atoms with E-state index < -0.39 is 0 Å². The Hall–Kier alpha value is -0.410. The van der Waals surface area contributed by atoms with Crippen LogP contribution in [-0.4, -0.2) is 41.9 Å². The molecule has 0 spiro atoms. The molecule has 3 fully saturated rings. The lowest BCUT2D eigenvalue weighted by molar-refractivity contribution is -0.130. The molecule has 0 aliphatic carbocycles. The quantitative estimate of drug-likeness (QED) is 0.639. The van der Waals surface area contributed by atoms with E-state index in [1.165, 1.54) is 25.9 Å². The fraction of sp³-hybridized carbons (Fsp3) is 0.917. The van der Waals surface area contributed by atoms with Crippen molar-refractivity contribution in [3.05, 3.63) is 0 Å². The predicted octanol–water partition coefficient (Wildman–Crippen LogP) is 0.790. The molecule has 3 aliphatic rings. The molecule has 0 aromatic rings. The summed E-state index contributed by atoms with van der Waals surface area (Å²) in [5, 5.41) is 3.61. The molecule has 3 heteroatoms. The van der Waals surface area contributed by atoms with Crippen LogP contribution in [0, 0.1) is 5.92 Å². The summed E-state index contributed by atoms with van der Waals surface area (Å²) in [6, 6.07) is 1.43. The van der Waals surface area contributed by atoms with Gasteiger partial charge in [0.25, 0.3) is 0 Å². The van der Waals surface area contributed by atoms with E-state index in [-0.39, 0.29) is 0 Å². The summed E-state index contributed by atoms with van der Waals surface area (Å²) in [7, 11) is 0. The van der Waals surface area contributed by atoms with Crippen molar-refractivity contribution in [3.63, 3.8) is 0 Å². The second kappa shape index (κ2) is 3.56. The van der Waals surface area contributed by atoms with Crippen LogP contribution in [0.1, 0.15) is 32.6 Å². The van der Waals surface area contributed by atoms with Crippen LogP contribution in [0.2, 0.25) is 0 Å². The second-order valence-electron chi connectivity index (χ2n) is 5.40. The number of nitrogens with zero attached hydrogens (tertiary/aromatic N) is 1. The van der Waals surface area contributed by atoms with E-state index >= 15 is 0 Å². The van der Waals surface area contributed by atoms with Gasteiger partial charge in [0.2, 0.25) is 0 Å². The van der Waals surface area contributed by atoms with Gasteiger partial charge in [-0.2, -0.15) is 0 Å². The van der Waals surface area contributed by atoms with Crippen molar-refractivity contribution >= 4 is 5.78 Å². The summed E-state index contributed by atoms with van der Waals surface area (Å²) < 4.78 is 0. The Bertz CT molecular complexity index is 279. The molecule has 0 radical (unpaired) electrons. The first-order chi connectivity index (χ1) is 7.25. The van der Waals surface area contributed by atoms with Gasteiger partial charge in [-0.3, -0.25) is 9.69 Å². The summed E-state index contributed by atoms with van der Waals surface area (Å²) in [6.45, 7) is 4.55. The highest BCUT2D eigenvalue weighted by Gasteiger charge is 2.46. The lowest BCUT2D eigenvalue weighted by atomic mass is 9.77. The van der Waals surface area contributed by atoms with Crippen molar-refractivity contribution in [1.29, 1.82) is 0 Å². The maximum Gasteiger partial charge on any atom is 0.140 e. The fourth-order valence-corrected chi connectivity index (χ4v) is 3.78. The monoisotopic (exact) mass is 208 g/mol. The third-order valence-electron chi connectivity index (χ3n) is 4.37. The molecule has 1 N–H and O–H groups in total. The molecule has 3 saturated heterocycles. The maximum atomic E-state index is 12.1. The van der Waals surface area contributed by atoms with Crippen molar-refractivity contribution in [2.45, 2.75) is 50.7 Å². The van der Waals surface area contributed by atoms with Crippen LogP contribution in [0.3, 0.4) is 0 Å². The average molecular weight is 208 g/mol. The van der Waals surface area contributed by atoms with E-state index in [0.29, 0.717) is 29.8 Å². The SMILES string of the molecule is C[C@H]1CC(=O)[C@@H]2[C@@H](CCN3CCC[C@@H]23)N1. The Kier molecular flexibility index (Phi) is 2.33. The minimum absolute atomic E-state index is 0.303. The van der Waals surface area contributed by atoms with Gasteiger partial charge in [-0.1, -0.05) is 0 Å². The minimum atomic E-state index is 0.303. The van der Waals surface area contributed by atoms with Crippen molar-refractivity contribution < 1.29 is 4.79 Å². The van der Waals surface area contributed by atoms with E-state index in [9.17, 15) is 4.79 Å². The first-order valence-corrected chi connectivity index (χ1v) is 6.28. The number of hydrogen-bond donors (Lipinski definition) is 1.